The van der Waals surface area contributed by atoms with Gasteiger partial charge < -0.3 is 10.1 Å². The lowest BCUT2D eigenvalue weighted by Crippen LogP contribution is -2.48. The van der Waals surface area contributed by atoms with E-state index in [0.717, 1.165) is 0 Å². The van der Waals surface area contributed by atoms with E-state index in [9.17, 15) is 9.18 Å². The van der Waals surface area contributed by atoms with E-state index in [4.69, 9.17) is 4.74 Å². The lowest BCUT2D eigenvalue weighted by molar-refractivity contribution is -0.155. The second-order valence-electron chi connectivity index (χ2n) is 5.32. The minimum absolute atomic E-state index is 0. The van der Waals surface area contributed by atoms with Crippen LogP contribution in [0.25, 0.3) is 0 Å². The number of carbonyl (C=O) groups is 1. The highest BCUT2D eigenvalue weighted by Crippen LogP contribution is 2.36. The molecule has 0 saturated carbocycles. The van der Waals surface area contributed by atoms with E-state index in [-0.39, 0.29) is 36.7 Å². The van der Waals surface area contributed by atoms with Crippen LogP contribution in [0.5, 0.6) is 0 Å². The number of nitrogens with zero attached hydrogens (tertiary/aromatic N) is 1. The maximum atomic E-state index is 13.9. The van der Waals surface area contributed by atoms with Gasteiger partial charge in [-0.25, -0.2) is 9.37 Å². The van der Waals surface area contributed by atoms with Crippen molar-refractivity contribution in [2.45, 2.75) is 32.2 Å². The molecule has 1 N–H and O–H groups in total. The molecule has 2 atom stereocenters. The van der Waals surface area contributed by atoms with Crippen LogP contribution >= 0.6 is 28.3 Å². The van der Waals surface area contributed by atoms with Crippen LogP contribution in [0.4, 0.5) is 4.39 Å². The Kier molecular flexibility index (Phi) is 6.56. The first-order valence-corrected chi connectivity index (χ1v) is 7.39. The van der Waals surface area contributed by atoms with Gasteiger partial charge in [0.15, 0.2) is 0 Å². The summed E-state index contributed by atoms with van der Waals surface area (Å²) in [6.07, 6.45) is 1.50. The Labute approximate surface area is 138 Å². The normalized spacial score (nSPS) is 25.0. The van der Waals surface area contributed by atoms with Gasteiger partial charge in [0.2, 0.25) is 0 Å². The molecule has 1 aliphatic rings. The zero-order chi connectivity index (χ0) is 14.8. The highest BCUT2D eigenvalue weighted by Gasteiger charge is 2.43. The third-order valence-corrected chi connectivity index (χ3v) is 4.24. The summed E-state index contributed by atoms with van der Waals surface area (Å²) in [5, 5.41) is 3.30. The quantitative estimate of drug-likeness (QED) is 0.646. The van der Waals surface area contributed by atoms with E-state index in [1.54, 1.807) is 6.07 Å². The summed E-state index contributed by atoms with van der Waals surface area (Å²) in [6, 6.07) is 3.11. The number of pyridine rings is 1. The fourth-order valence-electron chi connectivity index (χ4n) is 2.86. The first-order valence-electron chi connectivity index (χ1n) is 6.59. The molecule has 0 unspecified atom stereocenters. The summed E-state index contributed by atoms with van der Waals surface area (Å²) in [4.78, 5) is 16.4. The number of halogens is 3. The van der Waals surface area contributed by atoms with Gasteiger partial charge in [-0.15, -0.1) is 12.4 Å². The summed E-state index contributed by atoms with van der Waals surface area (Å²) in [5.74, 6) is -0.672. The molecule has 0 aliphatic carbocycles. The molecule has 0 bridgehead atoms. The van der Waals surface area contributed by atoms with Gasteiger partial charge in [-0.3, -0.25) is 4.79 Å². The molecular weight excluding hydrogens is 363 g/mol. The van der Waals surface area contributed by atoms with Gasteiger partial charge in [0.25, 0.3) is 0 Å². The molecule has 1 aromatic rings. The zero-order valence-electron chi connectivity index (χ0n) is 12.0. The van der Waals surface area contributed by atoms with E-state index in [1.807, 2.05) is 6.92 Å². The fourth-order valence-corrected chi connectivity index (χ4v) is 3.20. The Balaban J connectivity index is 0.00000220. The number of ether oxygens (including phenoxy) is 1. The lowest BCUT2D eigenvalue weighted by Gasteiger charge is -2.38. The number of hydrogen-bond donors (Lipinski definition) is 1. The highest BCUT2D eigenvalue weighted by atomic mass is 79.9. The summed E-state index contributed by atoms with van der Waals surface area (Å²) in [5.41, 5.74) is -0.396. The fraction of sp³-hybridized carbons (Fsp3) is 0.571. The van der Waals surface area contributed by atoms with Crippen LogP contribution in [-0.2, 0) is 16.0 Å². The van der Waals surface area contributed by atoms with Crippen LogP contribution in [0.15, 0.2) is 16.7 Å². The van der Waals surface area contributed by atoms with E-state index in [1.165, 1.54) is 13.2 Å². The molecule has 0 radical (unpaired) electrons. The maximum absolute atomic E-state index is 13.9. The van der Waals surface area contributed by atoms with E-state index in [2.05, 4.69) is 26.2 Å². The molecule has 1 fully saturated rings. The van der Waals surface area contributed by atoms with Gasteiger partial charge in [-0.1, -0.05) is 0 Å². The van der Waals surface area contributed by atoms with Crippen molar-refractivity contribution in [3.8, 4) is 0 Å². The predicted octanol–water partition coefficient (Wildman–Crippen LogP) is 2.88. The molecule has 0 spiro atoms. The van der Waals surface area contributed by atoms with Crippen molar-refractivity contribution in [3.63, 3.8) is 0 Å². The Morgan fingerprint density at radius 1 is 1.62 bits per heavy atom. The molecule has 1 saturated heterocycles. The Morgan fingerprint density at radius 3 is 2.95 bits per heavy atom. The first kappa shape index (κ1) is 18.3. The van der Waals surface area contributed by atoms with Gasteiger partial charge in [0, 0.05) is 12.5 Å². The number of piperidine rings is 1. The average Bonchev–Trinajstić information content (AvgIpc) is 2.42. The topological polar surface area (TPSA) is 51.2 Å². The van der Waals surface area contributed by atoms with Crippen molar-refractivity contribution in [2.75, 3.05) is 13.7 Å². The average molecular weight is 382 g/mol. The molecule has 0 aromatic carbocycles. The van der Waals surface area contributed by atoms with Crippen LogP contribution in [0.3, 0.4) is 0 Å². The van der Waals surface area contributed by atoms with Crippen molar-refractivity contribution in [1.29, 1.82) is 0 Å². The third-order valence-electron chi connectivity index (χ3n) is 3.80. The summed E-state index contributed by atoms with van der Waals surface area (Å²) in [6.45, 7) is 2.73. The summed E-state index contributed by atoms with van der Waals surface area (Å²) < 4.78 is 19.4. The third kappa shape index (κ3) is 4.14. The molecule has 1 aromatic heterocycles. The Morgan fingerprint density at radius 2 is 2.33 bits per heavy atom. The first-order chi connectivity index (χ1) is 9.47. The van der Waals surface area contributed by atoms with Crippen LogP contribution in [0, 0.1) is 11.2 Å². The minimum atomic E-state index is -0.700. The number of esters is 1. The molecule has 2 heterocycles. The molecule has 21 heavy (non-hydrogen) atoms. The smallest absolute Gasteiger partial charge is 0.312 e. The van der Waals surface area contributed by atoms with Crippen molar-refractivity contribution in [3.05, 3.63) is 28.2 Å². The van der Waals surface area contributed by atoms with Crippen molar-refractivity contribution in [2.24, 2.45) is 5.41 Å². The van der Waals surface area contributed by atoms with Gasteiger partial charge in [-0.05, 0) is 54.4 Å². The standard InChI is InChI=1S/C14H18BrFN2O2.ClH/c1-9-7-14(5-6-17-9,13(19)20-2)8-11-10(16)3-4-12(15)18-11;/h3-4,9,17H,5-8H2,1-2H3;1H/t9-,14-;/m1./s1. The van der Waals surface area contributed by atoms with Crippen LogP contribution in [0.1, 0.15) is 25.5 Å². The van der Waals surface area contributed by atoms with Crippen molar-refractivity contribution in [1.82, 2.24) is 10.3 Å². The van der Waals surface area contributed by atoms with Gasteiger partial charge in [-0.2, -0.15) is 0 Å². The molecule has 1 aliphatic heterocycles. The molecule has 0 amide bonds. The summed E-state index contributed by atoms with van der Waals surface area (Å²) >= 11 is 3.24. The zero-order valence-corrected chi connectivity index (χ0v) is 14.4. The maximum Gasteiger partial charge on any atom is 0.312 e. The second-order valence-corrected chi connectivity index (χ2v) is 6.13. The number of rotatable bonds is 3. The molecular formula is C14H19BrClFN2O2. The number of nitrogens with one attached hydrogen (secondary N) is 1. The van der Waals surface area contributed by atoms with Crippen LogP contribution in [0.2, 0.25) is 0 Å². The van der Waals surface area contributed by atoms with E-state index in [0.29, 0.717) is 29.7 Å². The van der Waals surface area contributed by atoms with Crippen LogP contribution < -0.4 is 5.32 Å². The van der Waals surface area contributed by atoms with E-state index >= 15 is 0 Å². The predicted molar refractivity (Wildman–Crippen MR) is 84.0 cm³/mol. The number of methoxy groups -OCH3 is 1. The molecule has 118 valence electrons. The van der Waals surface area contributed by atoms with Gasteiger partial charge >= 0.3 is 5.97 Å². The Hall–Kier alpha value is -0.720. The lowest BCUT2D eigenvalue weighted by atomic mass is 9.73. The number of carbonyl (C=O) groups excluding carboxylic acids is 1. The monoisotopic (exact) mass is 380 g/mol. The highest BCUT2D eigenvalue weighted by molar-refractivity contribution is 9.10. The Bertz CT molecular complexity index is 518. The SMILES string of the molecule is COC(=O)[C@]1(Cc2nc(Br)ccc2F)CCN[C@H](C)C1.Cl. The van der Waals surface area contributed by atoms with Crippen molar-refractivity contribution < 1.29 is 13.9 Å². The second kappa shape index (κ2) is 7.51. The van der Waals surface area contributed by atoms with Gasteiger partial charge in [0.1, 0.15) is 10.4 Å². The van der Waals surface area contributed by atoms with Crippen LogP contribution in [-0.4, -0.2) is 30.6 Å². The minimum Gasteiger partial charge on any atom is -0.469 e. The summed E-state index contributed by atoms with van der Waals surface area (Å²) in [7, 11) is 1.38. The van der Waals surface area contributed by atoms with E-state index < -0.39 is 5.41 Å². The number of hydrogen-bond acceptors (Lipinski definition) is 4. The van der Waals surface area contributed by atoms with Crippen molar-refractivity contribution >= 4 is 34.3 Å². The molecule has 4 nitrogen and oxygen atoms in total. The molecule has 7 heteroatoms. The number of aromatic nitrogens is 1. The largest absolute Gasteiger partial charge is 0.469 e. The van der Waals surface area contributed by atoms with Gasteiger partial charge in [0.05, 0.1) is 18.2 Å². The molecule has 2 rings (SSSR count).